The molecule has 7 heterocycles. The first-order valence-electron chi connectivity index (χ1n) is 21.0. The standard InChI is InChI=1S/C26H27N3O4.C22H21N3O3/c30-25-15-21(29-7-10-31-11-8-29)14-23(28-25)22-3-1-2-17-12-18-13-19(27-20-6-9-32-16-20)4-5-24(18)33-26(17)22;23-16-4-5-20-15(11-16)10-14-2-1-3-18(22(14)28-20)19-12-17(13-21(26)24-19)25-6-8-27-9-7-25/h1-5,13-15,20,27H,6-12,16H2,(H,28,30);1-5,11-13H,6-10,23H2,(H,24,26). The molecule has 13 heteroatoms. The van der Waals surface area contributed by atoms with Crippen LogP contribution in [0.15, 0.2) is 107 Å². The maximum atomic E-state index is 12.5. The minimum Gasteiger partial charge on any atom is -0.456 e. The number of benzene rings is 4. The highest BCUT2D eigenvalue weighted by molar-refractivity contribution is 5.76. The van der Waals surface area contributed by atoms with Gasteiger partial charge in [0, 0.05) is 103 Å². The lowest BCUT2D eigenvalue weighted by molar-refractivity contribution is 0.122. The molecule has 5 aliphatic heterocycles. The Labute approximate surface area is 353 Å². The smallest absolute Gasteiger partial charge is 0.250 e. The Bertz CT molecular complexity index is 2700. The van der Waals surface area contributed by atoms with E-state index in [1.165, 1.54) is 0 Å². The van der Waals surface area contributed by atoms with Crippen molar-refractivity contribution in [3.63, 3.8) is 0 Å². The number of para-hydroxylation sites is 2. The predicted molar refractivity (Wildman–Crippen MR) is 237 cm³/mol. The number of anilines is 4. The van der Waals surface area contributed by atoms with Crippen molar-refractivity contribution < 1.29 is 23.7 Å². The fourth-order valence-electron chi connectivity index (χ4n) is 8.73. The van der Waals surface area contributed by atoms with E-state index in [4.69, 9.17) is 29.4 Å². The van der Waals surface area contributed by atoms with Crippen LogP contribution in [0.2, 0.25) is 0 Å². The van der Waals surface area contributed by atoms with Crippen LogP contribution >= 0.6 is 0 Å². The van der Waals surface area contributed by atoms with Gasteiger partial charge in [-0.1, -0.05) is 24.3 Å². The van der Waals surface area contributed by atoms with Crippen molar-refractivity contribution >= 4 is 22.7 Å². The molecule has 312 valence electrons. The van der Waals surface area contributed by atoms with Crippen LogP contribution in [-0.2, 0) is 27.1 Å². The molecule has 0 aliphatic carbocycles. The van der Waals surface area contributed by atoms with E-state index in [0.29, 0.717) is 32.5 Å². The van der Waals surface area contributed by atoms with E-state index in [1.54, 1.807) is 12.1 Å². The van der Waals surface area contributed by atoms with Gasteiger partial charge in [-0.2, -0.15) is 0 Å². The minimum atomic E-state index is -0.124. The van der Waals surface area contributed by atoms with Crippen molar-refractivity contribution in [1.29, 1.82) is 0 Å². The molecule has 0 bridgehead atoms. The van der Waals surface area contributed by atoms with Gasteiger partial charge < -0.3 is 54.5 Å². The molecule has 11 rings (SSSR count). The maximum Gasteiger partial charge on any atom is 0.250 e. The van der Waals surface area contributed by atoms with Crippen LogP contribution in [0.1, 0.15) is 28.7 Å². The molecule has 0 radical (unpaired) electrons. The van der Waals surface area contributed by atoms with Gasteiger partial charge in [-0.05, 0) is 78.2 Å². The molecule has 3 fully saturated rings. The number of pyridine rings is 2. The highest BCUT2D eigenvalue weighted by Gasteiger charge is 2.25. The molecule has 5 aliphatic rings. The molecular formula is C48H48N6O7. The number of aromatic amines is 2. The van der Waals surface area contributed by atoms with Gasteiger partial charge >= 0.3 is 0 Å². The summed E-state index contributed by atoms with van der Waals surface area (Å²) in [6.45, 7) is 7.38. The zero-order chi connectivity index (χ0) is 41.3. The second kappa shape index (κ2) is 16.8. The van der Waals surface area contributed by atoms with E-state index < -0.39 is 0 Å². The molecule has 5 N–H and O–H groups in total. The van der Waals surface area contributed by atoms with Crippen molar-refractivity contribution in [3.05, 3.63) is 140 Å². The van der Waals surface area contributed by atoms with E-state index in [1.807, 2.05) is 60.7 Å². The minimum absolute atomic E-state index is 0.116. The summed E-state index contributed by atoms with van der Waals surface area (Å²) in [4.78, 5) is 35.2. The summed E-state index contributed by atoms with van der Waals surface area (Å²) in [6, 6.07) is 31.8. The normalized spacial score (nSPS) is 17.7. The van der Waals surface area contributed by atoms with E-state index in [2.05, 4.69) is 49.4 Å². The number of H-pyrrole nitrogens is 2. The van der Waals surface area contributed by atoms with Crippen molar-refractivity contribution in [2.75, 3.05) is 86.7 Å². The lowest BCUT2D eigenvalue weighted by Gasteiger charge is -2.29. The fraction of sp³-hybridized carbons (Fsp3) is 0.292. The lowest BCUT2D eigenvalue weighted by atomic mass is 9.96. The third kappa shape index (κ3) is 8.32. The predicted octanol–water partition coefficient (Wildman–Crippen LogP) is 6.93. The van der Waals surface area contributed by atoms with Crippen LogP contribution in [0.3, 0.4) is 0 Å². The molecule has 13 nitrogen and oxygen atoms in total. The van der Waals surface area contributed by atoms with E-state index in [-0.39, 0.29) is 11.1 Å². The molecule has 2 aromatic heterocycles. The average Bonchev–Trinajstić information content (AvgIpc) is 3.81. The van der Waals surface area contributed by atoms with Crippen LogP contribution in [0.25, 0.3) is 22.5 Å². The van der Waals surface area contributed by atoms with Crippen LogP contribution in [0, 0.1) is 0 Å². The Hall–Kier alpha value is -6.54. The molecule has 0 spiro atoms. The number of nitrogens with two attached hydrogens (primary N) is 1. The average molecular weight is 821 g/mol. The third-order valence-electron chi connectivity index (χ3n) is 11.8. The summed E-state index contributed by atoms with van der Waals surface area (Å²) < 4.78 is 29.0. The molecule has 6 aromatic rings. The highest BCUT2D eigenvalue weighted by atomic mass is 16.5. The molecule has 0 saturated carbocycles. The van der Waals surface area contributed by atoms with Gasteiger partial charge in [0.25, 0.3) is 0 Å². The number of morpholine rings is 2. The quantitative estimate of drug-likeness (QED) is 0.129. The Morgan fingerprint density at radius 2 is 1.11 bits per heavy atom. The Balaban J connectivity index is 0.000000148. The first kappa shape index (κ1) is 38.6. The largest absolute Gasteiger partial charge is 0.456 e. The zero-order valence-electron chi connectivity index (χ0n) is 33.8. The second-order valence-corrected chi connectivity index (χ2v) is 16.0. The second-order valence-electron chi connectivity index (χ2n) is 16.0. The number of hydrogen-bond acceptors (Lipinski definition) is 11. The van der Waals surface area contributed by atoms with Gasteiger partial charge in [0.05, 0.1) is 50.5 Å². The van der Waals surface area contributed by atoms with E-state index in [9.17, 15) is 9.59 Å². The number of hydrogen-bond donors (Lipinski definition) is 4. The number of ether oxygens (including phenoxy) is 5. The van der Waals surface area contributed by atoms with Crippen LogP contribution in [0.4, 0.5) is 22.7 Å². The maximum absolute atomic E-state index is 12.5. The Kier molecular flexibility index (Phi) is 10.7. The van der Waals surface area contributed by atoms with E-state index in [0.717, 1.165) is 149 Å². The first-order valence-corrected chi connectivity index (χ1v) is 21.0. The topological polar surface area (TPSA) is 156 Å². The van der Waals surface area contributed by atoms with Gasteiger partial charge in [-0.15, -0.1) is 0 Å². The number of nitrogens with one attached hydrogen (secondary N) is 3. The van der Waals surface area contributed by atoms with E-state index >= 15 is 0 Å². The number of aromatic nitrogens is 2. The summed E-state index contributed by atoms with van der Waals surface area (Å²) in [7, 11) is 0. The van der Waals surface area contributed by atoms with Gasteiger partial charge in [0.15, 0.2) is 0 Å². The molecule has 0 amide bonds. The van der Waals surface area contributed by atoms with Gasteiger partial charge in [-0.3, -0.25) is 9.59 Å². The summed E-state index contributed by atoms with van der Waals surface area (Å²) in [5.74, 6) is 3.26. The van der Waals surface area contributed by atoms with Crippen LogP contribution in [-0.4, -0.2) is 81.8 Å². The summed E-state index contributed by atoms with van der Waals surface area (Å²) in [6.07, 6.45) is 2.56. The molecule has 61 heavy (non-hydrogen) atoms. The number of nitrogens with zero attached hydrogens (tertiary/aromatic N) is 2. The van der Waals surface area contributed by atoms with Gasteiger partial charge in [-0.25, -0.2) is 0 Å². The molecule has 4 aromatic carbocycles. The number of fused-ring (bicyclic) bond motifs is 4. The summed E-state index contributed by atoms with van der Waals surface area (Å²) in [5, 5.41) is 3.56. The third-order valence-corrected chi connectivity index (χ3v) is 11.8. The van der Waals surface area contributed by atoms with Crippen molar-refractivity contribution in [3.8, 4) is 45.5 Å². The molecule has 3 saturated heterocycles. The zero-order valence-corrected chi connectivity index (χ0v) is 33.8. The fourth-order valence-corrected chi connectivity index (χ4v) is 8.73. The highest BCUT2D eigenvalue weighted by Crippen LogP contribution is 2.45. The number of nitrogen functional groups attached to an aromatic ring is 1. The van der Waals surface area contributed by atoms with Crippen molar-refractivity contribution in [2.45, 2.75) is 25.3 Å². The molecule has 1 unspecified atom stereocenters. The van der Waals surface area contributed by atoms with Gasteiger partial charge in [0.2, 0.25) is 11.1 Å². The SMILES string of the molecule is Nc1ccc2c(c1)Cc1cccc(-c3cc(N4CCOCC4)cc(=O)[nH]3)c1O2.O=c1cc(N2CCOCC2)cc(-c2cccc3c2Oc2ccc(NC4CCOC4)cc2C3)[nH]1. The van der Waals surface area contributed by atoms with Crippen molar-refractivity contribution in [2.24, 2.45) is 0 Å². The Morgan fingerprint density at radius 3 is 1.66 bits per heavy atom. The van der Waals surface area contributed by atoms with Gasteiger partial charge in [0.1, 0.15) is 23.0 Å². The summed E-state index contributed by atoms with van der Waals surface area (Å²) >= 11 is 0. The Morgan fingerprint density at radius 1 is 0.574 bits per heavy atom. The van der Waals surface area contributed by atoms with Crippen LogP contribution < -0.4 is 41.4 Å². The summed E-state index contributed by atoms with van der Waals surface area (Å²) in [5.41, 5.74) is 17.0. The lowest BCUT2D eigenvalue weighted by Crippen LogP contribution is -2.36. The van der Waals surface area contributed by atoms with Crippen molar-refractivity contribution in [1.82, 2.24) is 9.97 Å². The first-order chi connectivity index (χ1) is 29.9. The molecule has 1 atom stereocenters. The monoisotopic (exact) mass is 820 g/mol. The number of rotatable bonds is 6. The molecular weight excluding hydrogens is 773 g/mol. The van der Waals surface area contributed by atoms with Crippen LogP contribution in [0.5, 0.6) is 23.0 Å².